The SMILES string of the molecule is CC(C)c1ccc(C(=O)NCc2cn(CC(=O)O)nn2)cc1Cl. The van der Waals surface area contributed by atoms with Crippen molar-refractivity contribution in [2.75, 3.05) is 0 Å². The molecule has 1 heterocycles. The zero-order valence-electron chi connectivity index (χ0n) is 12.8. The minimum atomic E-state index is -1.01. The van der Waals surface area contributed by atoms with Crippen molar-refractivity contribution in [3.05, 3.63) is 46.2 Å². The summed E-state index contributed by atoms with van der Waals surface area (Å²) >= 11 is 6.18. The van der Waals surface area contributed by atoms with E-state index in [-0.39, 0.29) is 24.9 Å². The Balaban J connectivity index is 1.98. The van der Waals surface area contributed by atoms with E-state index >= 15 is 0 Å². The van der Waals surface area contributed by atoms with E-state index in [2.05, 4.69) is 15.6 Å². The van der Waals surface area contributed by atoms with Crippen LogP contribution in [0.3, 0.4) is 0 Å². The molecule has 2 rings (SSSR count). The van der Waals surface area contributed by atoms with Gasteiger partial charge in [0.15, 0.2) is 0 Å². The first-order chi connectivity index (χ1) is 10.9. The Bertz CT molecular complexity index is 727. The molecular formula is C15H17ClN4O3. The molecule has 0 spiro atoms. The van der Waals surface area contributed by atoms with E-state index in [0.29, 0.717) is 16.3 Å². The summed E-state index contributed by atoms with van der Waals surface area (Å²) in [5, 5.41) is 19.4. The second-order valence-electron chi connectivity index (χ2n) is 5.37. The minimum Gasteiger partial charge on any atom is -0.480 e. The Kier molecular flexibility index (Phi) is 5.33. The first-order valence-electron chi connectivity index (χ1n) is 7.05. The van der Waals surface area contributed by atoms with Crippen molar-refractivity contribution < 1.29 is 14.7 Å². The maximum absolute atomic E-state index is 12.1. The summed E-state index contributed by atoms with van der Waals surface area (Å²) < 4.78 is 1.19. The summed E-state index contributed by atoms with van der Waals surface area (Å²) in [4.78, 5) is 22.7. The minimum absolute atomic E-state index is 0.155. The number of amides is 1. The fourth-order valence-corrected chi connectivity index (χ4v) is 2.44. The number of carbonyl (C=O) groups excluding carboxylic acids is 1. The van der Waals surface area contributed by atoms with Crippen LogP contribution in [0, 0.1) is 0 Å². The van der Waals surface area contributed by atoms with Crippen molar-refractivity contribution in [1.29, 1.82) is 0 Å². The molecule has 1 amide bonds. The molecule has 0 aliphatic rings. The number of hydrogen-bond acceptors (Lipinski definition) is 4. The van der Waals surface area contributed by atoms with Crippen molar-refractivity contribution in [3.8, 4) is 0 Å². The van der Waals surface area contributed by atoms with Crippen LogP contribution in [0.5, 0.6) is 0 Å². The molecule has 0 atom stereocenters. The summed E-state index contributed by atoms with van der Waals surface area (Å²) in [6.45, 7) is 3.94. The normalized spacial score (nSPS) is 10.8. The van der Waals surface area contributed by atoms with Gasteiger partial charge in [-0.2, -0.15) is 0 Å². The second kappa shape index (κ2) is 7.23. The van der Waals surface area contributed by atoms with E-state index in [1.807, 2.05) is 19.9 Å². The molecule has 0 bridgehead atoms. The van der Waals surface area contributed by atoms with Gasteiger partial charge in [0.1, 0.15) is 12.2 Å². The van der Waals surface area contributed by atoms with E-state index < -0.39 is 5.97 Å². The Labute approximate surface area is 138 Å². The number of hydrogen-bond donors (Lipinski definition) is 2. The third kappa shape index (κ3) is 4.53. The first kappa shape index (κ1) is 17.0. The molecule has 1 aromatic carbocycles. The highest BCUT2D eigenvalue weighted by Crippen LogP contribution is 2.25. The second-order valence-corrected chi connectivity index (χ2v) is 5.78. The van der Waals surface area contributed by atoms with E-state index in [4.69, 9.17) is 16.7 Å². The topological polar surface area (TPSA) is 97.1 Å². The highest BCUT2D eigenvalue weighted by molar-refractivity contribution is 6.31. The summed E-state index contributed by atoms with van der Waals surface area (Å²) in [6, 6.07) is 5.19. The van der Waals surface area contributed by atoms with Gasteiger partial charge in [0.2, 0.25) is 0 Å². The van der Waals surface area contributed by atoms with E-state index in [9.17, 15) is 9.59 Å². The third-order valence-corrected chi connectivity index (χ3v) is 3.53. The molecule has 2 aromatic rings. The van der Waals surface area contributed by atoms with Gasteiger partial charge in [0, 0.05) is 10.6 Å². The molecule has 0 radical (unpaired) electrons. The first-order valence-corrected chi connectivity index (χ1v) is 7.43. The van der Waals surface area contributed by atoms with Crippen LogP contribution in [0.2, 0.25) is 5.02 Å². The summed E-state index contributed by atoms with van der Waals surface area (Å²) in [5.74, 6) is -1.01. The van der Waals surface area contributed by atoms with Crippen LogP contribution in [-0.4, -0.2) is 32.0 Å². The van der Waals surface area contributed by atoms with Gasteiger partial charge in [-0.3, -0.25) is 9.59 Å². The highest BCUT2D eigenvalue weighted by atomic mass is 35.5. The van der Waals surface area contributed by atoms with Gasteiger partial charge in [0.25, 0.3) is 5.91 Å². The lowest BCUT2D eigenvalue weighted by molar-refractivity contribution is -0.137. The zero-order chi connectivity index (χ0) is 17.0. The quantitative estimate of drug-likeness (QED) is 0.841. The average molecular weight is 337 g/mol. The van der Waals surface area contributed by atoms with Crippen LogP contribution in [0.25, 0.3) is 0 Å². The summed E-state index contributed by atoms with van der Waals surface area (Å²) in [5.41, 5.74) is 1.92. The van der Waals surface area contributed by atoms with Crippen LogP contribution >= 0.6 is 11.6 Å². The Hall–Kier alpha value is -2.41. The molecule has 0 saturated heterocycles. The monoisotopic (exact) mass is 336 g/mol. The largest absolute Gasteiger partial charge is 0.480 e. The predicted octanol–water partition coefficient (Wildman–Crippen LogP) is 2.07. The van der Waals surface area contributed by atoms with Gasteiger partial charge in [-0.1, -0.05) is 36.7 Å². The Morgan fingerprint density at radius 2 is 2.13 bits per heavy atom. The van der Waals surface area contributed by atoms with Gasteiger partial charge in [0.05, 0.1) is 12.7 Å². The van der Waals surface area contributed by atoms with Crippen molar-refractivity contribution in [2.24, 2.45) is 0 Å². The fourth-order valence-electron chi connectivity index (χ4n) is 2.04. The molecule has 0 aliphatic heterocycles. The Morgan fingerprint density at radius 1 is 1.39 bits per heavy atom. The van der Waals surface area contributed by atoms with Crippen molar-refractivity contribution in [1.82, 2.24) is 20.3 Å². The smallest absolute Gasteiger partial charge is 0.325 e. The number of halogens is 1. The number of nitrogens with one attached hydrogen (secondary N) is 1. The zero-order valence-corrected chi connectivity index (χ0v) is 13.5. The lowest BCUT2D eigenvalue weighted by Crippen LogP contribution is -2.23. The van der Waals surface area contributed by atoms with E-state index in [0.717, 1.165) is 5.56 Å². The molecular weight excluding hydrogens is 320 g/mol. The number of aromatic nitrogens is 3. The molecule has 0 unspecified atom stereocenters. The number of benzene rings is 1. The van der Waals surface area contributed by atoms with Crippen LogP contribution in [-0.2, 0) is 17.9 Å². The van der Waals surface area contributed by atoms with Crippen LogP contribution in [0.4, 0.5) is 0 Å². The molecule has 7 nitrogen and oxygen atoms in total. The van der Waals surface area contributed by atoms with Crippen LogP contribution in [0.1, 0.15) is 41.4 Å². The molecule has 2 N–H and O–H groups in total. The number of nitrogens with zero attached hydrogens (tertiary/aromatic N) is 3. The molecule has 0 saturated carbocycles. The molecule has 0 aliphatic carbocycles. The number of rotatable bonds is 6. The lowest BCUT2D eigenvalue weighted by atomic mass is 10.0. The van der Waals surface area contributed by atoms with E-state index in [1.165, 1.54) is 10.9 Å². The van der Waals surface area contributed by atoms with Crippen LogP contribution < -0.4 is 5.32 Å². The summed E-state index contributed by atoms with van der Waals surface area (Å²) in [6.07, 6.45) is 1.48. The number of carbonyl (C=O) groups is 2. The third-order valence-electron chi connectivity index (χ3n) is 3.20. The van der Waals surface area contributed by atoms with Gasteiger partial charge in [-0.05, 0) is 23.6 Å². The molecule has 8 heteroatoms. The lowest BCUT2D eigenvalue weighted by Gasteiger charge is -2.10. The average Bonchev–Trinajstić information content (AvgIpc) is 2.90. The van der Waals surface area contributed by atoms with Gasteiger partial charge >= 0.3 is 5.97 Å². The molecule has 23 heavy (non-hydrogen) atoms. The van der Waals surface area contributed by atoms with Crippen molar-refractivity contribution in [2.45, 2.75) is 32.9 Å². The fraction of sp³-hybridized carbons (Fsp3) is 0.333. The molecule has 0 fully saturated rings. The Morgan fingerprint density at radius 3 is 2.74 bits per heavy atom. The van der Waals surface area contributed by atoms with Gasteiger partial charge in [-0.15, -0.1) is 5.10 Å². The van der Waals surface area contributed by atoms with Gasteiger partial charge < -0.3 is 10.4 Å². The van der Waals surface area contributed by atoms with E-state index in [1.54, 1.807) is 12.1 Å². The molecule has 1 aromatic heterocycles. The van der Waals surface area contributed by atoms with Crippen LogP contribution in [0.15, 0.2) is 24.4 Å². The number of aliphatic carboxylic acids is 1. The highest BCUT2D eigenvalue weighted by Gasteiger charge is 2.11. The predicted molar refractivity (Wildman–Crippen MR) is 84.4 cm³/mol. The molecule has 122 valence electrons. The maximum Gasteiger partial charge on any atom is 0.325 e. The standard InChI is InChI=1S/C15H17ClN4O3/c1-9(2)12-4-3-10(5-13(12)16)15(23)17-6-11-7-20(19-18-11)8-14(21)22/h3-5,7,9H,6,8H2,1-2H3,(H,17,23)(H,21,22). The van der Waals surface area contributed by atoms with Crippen molar-refractivity contribution >= 4 is 23.5 Å². The van der Waals surface area contributed by atoms with Crippen molar-refractivity contribution in [3.63, 3.8) is 0 Å². The van der Waals surface area contributed by atoms with Gasteiger partial charge in [-0.25, -0.2) is 4.68 Å². The maximum atomic E-state index is 12.1. The number of carboxylic acids is 1. The number of carboxylic acid groups (broad SMARTS) is 1. The summed E-state index contributed by atoms with van der Waals surface area (Å²) in [7, 11) is 0.